The Bertz CT molecular complexity index is 974. The van der Waals surface area contributed by atoms with Crippen LogP contribution in [0.4, 0.5) is 0 Å². The number of halogens is 1. The lowest BCUT2D eigenvalue weighted by Gasteiger charge is -2.13. The SMILES string of the molecule is C[C@H](c1nc(Cn2cncn2)nn1Cc1ccccc1)n1cc(Cl)cn1. The van der Waals surface area contributed by atoms with Crippen LogP contribution in [-0.4, -0.2) is 39.3 Å². The molecule has 0 amide bonds. The van der Waals surface area contributed by atoms with Gasteiger partial charge in [-0.15, -0.1) is 0 Å². The number of hydrogen-bond donors (Lipinski definition) is 0. The summed E-state index contributed by atoms with van der Waals surface area (Å²) in [5.74, 6) is 1.48. The van der Waals surface area contributed by atoms with Crippen molar-refractivity contribution in [2.45, 2.75) is 26.1 Å². The molecule has 1 aromatic carbocycles. The summed E-state index contributed by atoms with van der Waals surface area (Å²) in [4.78, 5) is 8.69. The van der Waals surface area contributed by atoms with Gasteiger partial charge in [0.2, 0.25) is 0 Å². The molecule has 0 N–H and O–H groups in total. The maximum atomic E-state index is 6.02. The number of rotatable bonds is 6. The minimum atomic E-state index is -0.108. The highest BCUT2D eigenvalue weighted by Gasteiger charge is 2.19. The molecule has 26 heavy (non-hydrogen) atoms. The van der Waals surface area contributed by atoms with Gasteiger partial charge in [-0.1, -0.05) is 41.9 Å². The van der Waals surface area contributed by atoms with E-state index in [1.807, 2.05) is 29.8 Å². The summed E-state index contributed by atoms with van der Waals surface area (Å²) in [5, 5.41) is 13.7. The van der Waals surface area contributed by atoms with E-state index in [4.69, 9.17) is 16.6 Å². The van der Waals surface area contributed by atoms with Crippen molar-refractivity contribution in [2.75, 3.05) is 0 Å². The molecule has 0 aliphatic carbocycles. The minimum Gasteiger partial charge on any atom is -0.261 e. The predicted octanol–water partition coefficient (Wildman–Crippen LogP) is 2.43. The fraction of sp³-hybridized carbons (Fsp3) is 0.235. The second kappa shape index (κ2) is 7.09. The van der Waals surface area contributed by atoms with Gasteiger partial charge >= 0.3 is 0 Å². The molecule has 3 aromatic heterocycles. The van der Waals surface area contributed by atoms with E-state index in [0.29, 0.717) is 23.9 Å². The number of hydrogen-bond acceptors (Lipinski definition) is 5. The van der Waals surface area contributed by atoms with Crippen molar-refractivity contribution >= 4 is 11.6 Å². The van der Waals surface area contributed by atoms with E-state index in [1.165, 1.54) is 6.33 Å². The van der Waals surface area contributed by atoms with E-state index < -0.39 is 0 Å². The number of aromatic nitrogens is 8. The Morgan fingerprint density at radius 2 is 1.96 bits per heavy atom. The van der Waals surface area contributed by atoms with Crippen LogP contribution < -0.4 is 0 Å². The van der Waals surface area contributed by atoms with Crippen LogP contribution in [0.3, 0.4) is 0 Å². The molecule has 0 spiro atoms. The smallest absolute Gasteiger partial charge is 0.172 e. The molecule has 0 fully saturated rings. The monoisotopic (exact) mass is 368 g/mol. The van der Waals surface area contributed by atoms with Crippen molar-refractivity contribution in [3.05, 3.63) is 77.6 Å². The maximum absolute atomic E-state index is 6.02. The van der Waals surface area contributed by atoms with Gasteiger partial charge < -0.3 is 0 Å². The molecular weight excluding hydrogens is 352 g/mol. The zero-order valence-electron chi connectivity index (χ0n) is 14.1. The second-order valence-corrected chi connectivity index (χ2v) is 6.37. The molecule has 4 rings (SSSR count). The van der Waals surface area contributed by atoms with E-state index in [-0.39, 0.29) is 6.04 Å². The van der Waals surface area contributed by atoms with E-state index >= 15 is 0 Å². The molecule has 8 nitrogen and oxygen atoms in total. The molecule has 3 heterocycles. The van der Waals surface area contributed by atoms with Gasteiger partial charge in [-0.2, -0.15) is 15.3 Å². The summed E-state index contributed by atoms with van der Waals surface area (Å²) in [6.45, 7) is 3.11. The molecule has 4 aromatic rings. The van der Waals surface area contributed by atoms with Crippen molar-refractivity contribution in [1.82, 2.24) is 39.3 Å². The quantitative estimate of drug-likeness (QED) is 0.522. The highest BCUT2D eigenvalue weighted by atomic mass is 35.5. The second-order valence-electron chi connectivity index (χ2n) is 5.94. The first-order chi connectivity index (χ1) is 12.7. The van der Waals surface area contributed by atoms with E-state index in [1.54, 1.807) is 28.1 Å². The van der Waals surface area contributed by atoms with E-state index in [0.717, 1.165) is 11.4 Å². The van der Waals surface area contributed by atoms with Crippen LogP contribution in [-0.2, 0) is 13.1 Å². The van der Waals surface area contributed by atoms with Crippen LogP contribution in [0.5, 0.6) is 0 Å². The average Bonchev–Trinajstić information content (AvgIpc) is 3.38. The van der Waals surface area contributed by atoms with E-state index in [9.17, 15) is 0 Å². The molecule has 0 saturated heterocycles. The largest absolute Gasteiger partial charge is 0.261 e. The summed E-state index contributed by atoms with van der Waals surface area (Å²) >= 11 is 6.02. The van der Waals surface area contributed by atoms with Gasteiger partial charge in [0, 0.05) is 6.20 Å². The Morgan fingerprint density at radius 1 is 1.12 bits per heavy atom. The molecule has 0 aliphatic rings. The third kappa shape index (κ3) is 3.50. The molecule has 1 atom stereocenters. The predicted molar refractivity (Wildman–Crippen MR) is 95.7 cm³/mol. The van der Waals surface area contributed by atoms with Crippen LogP contribution >= 0.6 is 11.6 Å². The van der Waals surface area contributed by atoms with Crippen LogP contribution in [0, 0.1) is 0 Å². The summed E-state index contributed by atoms with van der Waals surface area (Å²) in [6, 6.07) is 10.0. The molecule has 0 radical (unpaired) electrons. The Labute approximate surface area is 155 Å². The van der Waals surface area contributed by atoms with Crippen LogP contribution in [0.25, 0.3) is 0 Å². The third-order valence-electron chi connectivity index (χ3n) is 4.03. The molecule has 0 saturated carbocycles. The third-order valence-corrected chi connectivity index (χ3v) is 4.23. The molecule has 0 aliphatic heterocycles. The molecule has 9 heteroatoms. The van der Waals surface area contributed by atoms with Crippen LogP contribution in [0.2, 0.25) is 5.02 Å². The summed E-state index contributed by atoms with van der Waals surface area (Å²) in [6.07, 6.45) is 6.54. The summed E-state index contributed by atoms with van der Waals surface area (Å²) in [5.41, 5.74) is 1.15. The number of nitrogens with zero attached hydrogens (tertiary/aromatic N) is 8. The maximum Gasteiger partial charge on any atom is 0.172 e. The van der Waals surface area contributed by atoms with Gasteiger partial charge in [-0.25, -0.2) is 19.3 Å². The lowest BCUT2D eigenvalue weighted by atomic mass is 10.2. The lowest BCUT2D eigenvalue weighted by Crippen LogP contribution is -2.15. The molecule has 132 valence electrons. The summed E-state index contributed by atoms with van der Waals surface area (Å²) in [7, 11) is 0. The van der Waals surface area contributed by atoms with Crippen molar-refractivity contribution in [1.29, 1.82) is 0 Å². The first-order valence-corrected chi connectivity index (χ1v) is 8.56. The van der Waals surface area contributed by atoms with Gasteiger partial charge in [0.25, 0.3) is 0 Å². The van der Waals surface area contributed by atoms with Gasteiger partial charge in [0.05, 0.1) is 17.8 Å². The molecule has 0 unspecified atom stereocenters. The van der Waals surface area contributed by atoms with Gasteiger partial charge in [0.1, 0.15) is 25.2 Å². The van der Waals surface area contributed by atoms with Crippen molar-refractivity contribution in [2.24, 2.45) is 0 Å². The highest BCUT2D eigenvalue weighted by Crippen LogP contribution is 2.19. The Kier molecular flexibility index (Phi) is 4.49. The molecular formula is C17H17ClN8. The van der Waals surface area contributed by atoms with Crippen LogP contribution in [0.15, 0.2) is 55.4 Å². The lowest BCUT2D eigenvalue weighted by molar-refractivity contribution is 0.496. The topological polar surface area (TPSA) is 79.2 Å². The Morgan fingerprint density at radius 3 is 2.65 bits per heavy atom. The zero-order chi connectivity index (χ0) is 17.9. The fourth-order valence-corrected chi connectivity index (χ4v) is 2.90. The van der Waals surface area contributed by atoms with Gasteiger partial charge in [0.15, 0.2) is 11.6 Å². The zero-order valence-corrected chi connectivity index (χ0v) is 14.9. The average molecular weight is 369 g/mol. The van der Waals surface area contributed by atoms with Crippen molar-refractivity contribution in [3.63, 3.8) is 0 Å². The summed E-state index contributed by atoms with van der Waals surface area (Å²) < 4.78 is 5.39. The van der Waals surface area contributed by atoms with Crippen LogP contribution in [0.1, 0.15) is 30.2 Å². The minimum absolute atomic E-state index is 0.108. The molecule has 0 bridgehead atoms. The number of benzene rings is 1. The fourth-order valence-electron chi connectivity index (χ4n) is 2.76. The van der Waals surface area contributed by atoms with E-state index in [2.05, 4.69) is 32.4 Å². The Hall–Kier alpha value is -3.00. The van der Waals surface area contributed by atoms with Crippen molar-refractivity contribution < 1.29 is 0 Å². The normalized spacial score (nSPS) is 12.4. The highest BCUT2D eigenvalue weighted by molar-refractivity contribution is 6.30. The van der Waals surface area contributed by atoms with Gasteiger partial charge in [-0.05, 0) is 12.5 Å². The first kappa shape index (κ1) is 16.5. The Balaban J connectivity index is 1.68. The first-order valence-electron chi connectivity index (χ1n) is 8.18. The van der Waals surface area contributed by atoms with Crippen molar-refractivity contribution in [3.8, 4) is 0 Å². The standard InChI is InChI=1S/C17H17ClN8/c1-13(25-9-15(18)7-20-25)17-22-16(10-24-12-19-11-21-24)23-26(17)8-14-5-3-2-4-6-14/h2-7,9,11-13H,8,10H2,1H3/t13-/m1/s1. The van der Waals surface area contributed by atoms with Gasteiger partial charge in [-0.3, -0.25) is 4.68 Å².